The van der Waals surface area contributed by atoms with Crippen LogP contribution in [0.1, 0.15) is 76.0 Å². The Hall–Kier alpha value is -4.59. The summed E-state index contributed by atoms with van der Waals surface area (Å²) in [6.45, 7) is 5.67. The molecule has 11 heteroatoms. The van der Waals surface area contributed by atoms with E-state index in [2.05, 4.69) is 0 Å². The molecule has 6 rings (SSSR count). The first-order valence-electron chi connectivity index (χ1n) is 18.1. The summed E-state index contributed by atoms with van der Waals surface area (Å²) in [6, 6.07) is 50.1. The second kappa shape index (κ2) is 22.4. The van der Waals surface area contributed by atoms with Crippen LogP contribution in [0.4, 0.5) is 0 Å². The maximum atomic E-state index is 15.1. The van der Waals surface area contributed by atoms with Gasteiger partial charge in [0.1, 0.15) is 0 Å². The third kappa shape index (κ3) is 11.3. The van der Waals surface area contributed by atoms with Crippen LogP contribution in [0, 0.1) is 0 Å². The standard InChI is InChI=1S/C42H30As3O6P.C4H10O/c46-37(31-19-7-1-8-20-31)43(38(47)32-21-9-2-10-22-32)52(44(39(48)33-23-11-3-12-24-33)40(49)34-25-13-4-14-26-34)45(41(50)35-27-15-5-16-28-35)42(51)36-29-17-6-18-30-36;1-3-5-4-2/h1-30H;3-4H2,1-2H3. The van der Waals surface area contributed by atoms with Gasteiger partial charge in [0.05, 0.1) is 0 Å². The fourth-order valence-corrected chi connectivity index (χ4v) is 75.6. The summed E-state index contributed by atoms with van der Waals surface area (Å²) in [6.07, 6.45) is 0. The minimum atomic E-state index is -3.90. The SMILES string of the molecule is CCOCC.O=C(c1ccccc1)[As](C(=O)c1ccccc1)P([As](C(=O)c1ccccc1)C(=O)c1ccccc1)[As](C(=O)c1ccccc1)C(=O)c1ccccc1. The summed E-state index contributed by atoms with van der Waals surface area (Å²) >= 11 is -11.7. The van der Waals surface area contributed by atoms with Crippen molar-refractivity contribution in [3.05, 3.63) is 215 Å². The average molecular weight is 961 g/mol. The molecule has 0 amide bonds. The molecule has 0 radical (unpaired) electrons. The van der Waals surface area contributed by atoms with Gasteiger partial charge in [-0.25, -0.2) is 0 Å². The topological polar surface area (TPSA) is 112 Å². The van der Waals surface area contributed by atoms with Gasteiger partial charge >= 0.3 is 318 Å². The van der Waals surface area contributed by atoms with E-state index in [1.807, 2.05) is 13.8 Å². The molecule has 0 saturated carbocycles. The predicted molar refractivity (Wildman–Crippen MR) is 231 cm³/mol. The van der Waals surface area contributed by atoms with Crippen LogP contribution >= 0.6 is 3.60 Å². The average Bonchev–Trinajstić information content (AvgIpc) is 3.28. The van der Waals surface area contributed by atoms with Crippen LogP contribution in [-0.4, -0.2) is 83.2 Å². The number of carbonyl (C=O) groups is 6. The van der Waals surface area contributed by atoms with Crippen molar-refractivity contribution >= 4 is 73.6 Å². The zero-order valence-corrected chi connectivity index (χ0v) is 37.9. The van der Waals surface area contributed by atoms with Crippen LogP contribution in [-0.2, 0) is 4.74 Å². The van der Waals surface area contributed by atoms with Gasteiger partial charge < -0.3 is 4.74 Å². The molecule has 57 heavy (non-hydrogen) atoms. The van der Waals surface area contributed by atoms with Gasteiger partial charge in [-0.1, -0.05) is 0 Å². The maximum absolute atomic E-state index is 15.1. The second-order valence-electron chi connectivity index (χ2n) is 12.0. The molecule has 0 heterocycles. The van der Waals surface area contributed by atoms with Gasteiger partial charge in [0.2, 0.25) is 0 Å². The van der Waals surface area contributed by atoms with E-state index in [-0.39, 0.29) is 33.4 Å². The van der Waals surface area contributed by atoms with E-state index in [4.69, 9.17) is 4.74 Å². The number of carbonyl (C=O) groups excluding carboxylic acids is 6. The van der Waals surface area contributed by atoms with E-state index in [9.17, 15) is 0 Å². The normalized spacial score (nSPS) is 10.8. The summed E-state index contributed by atoms with van der Waals surface area (Å²) in [5.74, 6) is 0. The number of ether oxygens (including phenoxy) is 1. The molecule has 0 spiro atoms. The zero-order valence-electron chi connectivity index (χ0n) is 31.4. The van der Waals surface area contributed by atoms with Gasteiger partial charge in [0.25, 0.3) is 0 Å². The van der Waals surface area contributed by atoms with Gasteiger partial charge in [0, 0.05) is 13.2 Å². The van der Waals surface area contributed by atoms with Gasteiger partial charge in [-0.3, -0.25) is 0 Å². The summed E-state index contributed by atoms with van der Waals surface area (Å²) in [5.41, 5.74) is 1.50. The van der Waals surface area contributed by atoms with Crippen LogP contribution in [0.5, 0.6) is 0 Å². The fraction of sp³-hybridized carbons (Fsp3) is 0.0870. The van der Waals surface area contributed by atoms with Crippen LogP contribution in [0.2, 0.25) is 0 Å². The Balaban J connectivity index is 0.00000117. The van der Waals surface area contributed by atoms with Crippen molar-refractivity contribution in [2.75, 3.05) is 13.2 Å². The molecule has 6 aromatic rings. The van der Waals surface area contributed by atoms with E-state index >= 15 is 28.8 Å². The number of benzene rings is 6. The van der Waals surface area contributed by atoms with Gasteiger partial charge in [-0.15, -0.1) is 0 Å². The number of hydrogen-bond acceptors (Lipinski definition) is 7. The quantitative estimate of drug-likeness (QED) is 0.0663. The first kappa shape index (κ1) is 43.5. The molecular formula is C46H40As3O7P. The minimum absolute atomic E-state index is 0.251. The molecule has 0 unspecified atom stereocenters. The Morgan fingerprint density at radius 2 is 0.491 bits per heavy atom. The molecule has 7 nitrogen and oxygen atoms in total. The Morgan fingerprint density at radius 1 is 0.333 bits per heavy atom. The van der Waals surface area contributed by atoms with Crippen molar-refractivity contribution in [1.82, 2.24) is 0 Å². The summed E-state index contributed by atoms with van der Waals surface area (Å²) in [4.78, 5) is 90.6. The third-order valence-corrected chi connectivity index (χ3v) is 64.9. The molecule has 0 bridgehead atoms. The van der Waals surface area contributed by atoms with Gasteiger partial charge in [0.15, 0.2) is 0 Å². The third-order valence-electron chi connectivity index (χ3n) is 8.22. The number of rotatable bonds is 17. The molecule has 0 aliphatic heterocycles. The Bertz CT molecular complexity index is 1850. The Morgan fingerprint density at radius 3 is 0.614 bits per heavy atom. The molecule has 0 aromatic heterocycles. The van der Waals surface area contributed by atoms with E-state index < -0.39 is 73.6 Å². The van der Waals surface area contributed by atoms with Crippen LogP contribution in [0.15, 0.2) is 182 Å². The van der Waals surface area contributed by atoms with Crippen molar-refractivity contribution in [2.24, 2.45) is 0 Å². The molecule has 286 valence electrons. The van der Waals surface area contributed by atoms with E-state index in [1.165, 1.54) is 0 Å². The summed E-state index contributed by atoms with van der Waals surface area (Å²) in [5, 5.41) is 0. The van der Waals surface area contributed by atoms with Gasteiger partial charge in [-0.05, 0) is 13.8 Å². The van der Waals surface area contributed by atoms with Gasteiger partial charge in [-0.2, -0.15) is 0 Å². The molecule has 0 atom stereocenters. The first-order valence-corrected chi connectivity index (χ1v) is 32.5. The van der Waals surface area contributed by atoms with Crippen molar-refractivity contribution in [3.63, 3.8) is 0 Å². The Labute approximate surface area is 347 Å². The fourth-order valence-electron chi connectivity index (χ4n) is 5.45. The number of hydrogen-bond donors (Lipinski definition) is 0. The van der Waals surface area contributed by atoms with E-state index in [0.29, 0.717) is 0 Å². The van der Waals surface area contributed by atoms with Crippen molar-refractivity contribution in [3.8, 4) is 0 Å². The van der Waals surface area contributed by atoms with Crippen LogP contribution < -0.4 is 0 Å². The molecule has 0 aliphatic rings. The Kier molecular flexibility index (Phi) is 17.1. The summed E-state index contributed by atoms with van der Waals surface area (Å²) in [7, 11) is 0. The molecule has 6 aromatic carbocycles. The molecule has 0 N–H and O–H groups in total. The monoisotopic (exact) mass is 960 g/mol. The van der Waals surface area contributed by atoms with Crippen LogP contribution in [0.3, 0.4) is 0 Å². The molecule has 0 saturated heterocycles. The molecule has 0 aliphatic carbocycles. The first-order chi connectivity index (χ1) is 27.8. The van der Waals surface area contributed by atoms with E-state index in [0.717, 1.165) is 13.2 Å². The predicted octanol–water partition coefficient (Wildman–Crippen LogP) is 9.02. The van der Waals surface area contributed by atoms with Crippen LogP contribution in [0.25, 0.3) is 0 Å². The summed E-state index contributed by atoms with van der Waals surface area (Å²) < 4.78 is -0.415. The van der Waals surface area contributed by atoms with Crippen molar-refractivity contribution in [1.29, 1.82) is 0 Å². The molecule has 0 fully saturated rings. The second-order valence-corrected chi connectivity index (χ2v) is 48.8. The zero-order chi connectivity index (χ0) is 40.6. The van der Waals surface area contributed by atoms with Crippen molar-refractivity contribution < 1.29 is 33.5 Å². The van der Waals surface area contributed by atoms with Crippen molar-refractivity contribution in [2.45, 2.75) is 13.8 Å². The van der Waals surface area contributed by atoms with E-state index in [1.54, 1.807) is 182 Å². The molecular weight excluding hydrogens is 920 g/mol.